The summed E-state index contributed by atoms with van der Waals surface area (Å²) in [4.78, 5) is 0. The summed E-state index contributed by atoms with van der Waals surface area (Å²) in [6.07, 6.45) is 2.20. The van der Waals surface area contributed by atoms with E-state index in [0.717, 1.165) is 13.1 Å². The van der Waals surface area contributed by atoms with Gasteiger partial charge in [0.25, 0.3) is 0 Å². The van der Waals surface area contributed by atoms with Crippen LogP contribution in [0.15, 0.2) is 34.3 Å². The van der Waals surface area contributed by atoms with Crippen LogP contribution in [0, 0.1) is 6.92 Å². The molecule has 1 aromatic carbocycles. The molecule has 0 aromatic heterocycles. The number of aryl methyl sites for hydroxylation is 1. The predicted molar refractivity (Wildman–Crippen MR) is 70.0 cm³/mol. The Hall–Kier alpha value is -0.600. The molecule has 0 aliphatic heterocycles. The van der Waals surface area contributed by atoms with Crippen molar-refractivity contribution in [3.8, 4) is 0 Å². The zero-order chi connectivity index (χ0) is 11.3. The molecule has 0 bridgehead atoms. The minimum Gasteiger partial charge on any atom is -0.309 e. The van der Waals surface area contributed by atoms with Crippen molar-refractivity contribution >= 4 is 15.9 Å². The first-order valence-corrected chi connectivity index (χ1v) is 5.98. The third-order valence-electron chi connectivity index (χ3n) is 2.18. The third-order valence-corrected chi connectivity index (χ3v) is 2.92. The number of rotatable bonds is 4. The first-order chi connectivity index (χ1) is 7.09. The molecule has 0 saturated carbocycles. The average Bonchev–Trinajstić information content (AvgIpc) is 2.14. The van der Waals surface area contributed by atoms with Crippen molar-refractivity contribution in [1.29, 1.82) is 0 Å². The third kappa shape index (κ3) is 4.63. The van der Waals surface area contributed by atoms with E-state index in [0.29, 0.717) is 0 Å². The van der Waals surface area contributed by atoms with E-state index >= 15 is 0 Å². The second-order valence-electron chi connectivity index (χ2n) is 4.01. The maximum absolute atomic E-state index is 3.57. The number of benzene rings is 1. The molecular formula is C13H18BrN. The molecule has 1 aromatic rings. The number of halogens is 1. The summed E-state index contributed by atoms with van der Waals surface area (Å²) in [6, 6.07) is 6.45. The maximum atomic E-state index is 3.57. The van der Waals surface area contributed by atoms with Gasteiger partial charge in [-0.05, 0) is 38.0 Å². The van der Waals surface area contributed by atoms with E-state index in [1.54, 1.807) is 0 Å². The summed E-state index contributed by atoms with van der Waals surface area (Å²) in [5.41, 5.74) is 3.95. The van der Waals surface area contributed by atoms with Crippen molar-refractivity contribution < 1.29 is 0 Å². The van der Waals surface area contributed by atoms with Gasteiger partial charge in [-0.2, -0.15) is 0 Å². The second kappa shape index (κ2) is 6.09. The molecule has 1 rings (SSSR count). The highest BCUT2D eigenvalue weighted by Crippen LogP contribution is 2.17. The fourth-order valence-electron chi connectivity index (χ4n) is 1.28. The van der Waals surface area contributed by atoms with Crippen LogP contribution in [0.3, 0.4) is 0 Å². The van der Waals surface area contributed by atoms with Gasteiger partial charge in [0.15, 0.2) is 0 Å². The smallest absolute Gasteiger partial charge is 0.0222 e. The molecule has 2 heteroatoms. The summed E-state index contributed by atoms with van der Waals surface area (Å²) in [5, 5.41) is 3.39. The molecular weight excluding hydrogens is 250 g/mol. The lowest BCUT2D eigenvalue weighted by molar-refractivity contribution is 0.754. The van der Waals surface area contributed by atoms with Gasteiger partial charge in [-0.15, -0.1) is 0 Å². The molecule has 0 aliphatic rings. The van der Waals surface area contributed by atoms with Crippen LogP contribution in [-0.2, 0) is 6.54 Å². The predicted octanol–water partition coefficient (Wildman–Crippen LogP) is 3.81. The van der Waals surface area contributed by atoms with E-state index in [-0.39, 0.29) is 0 Å². The minimum atomic E-state index is 0.907. The lowest BCUT2D eigenvalue weighted by atomic mass is 10.1. The highest BCUT2D eigenvalue weighted by Gasteiger charge is 1.98. The molecule has 0 heterocycles. The van der Waals surface area contributed by atoms with Gasteiger partial charge in [0.2, 0.25) is 0 Å². The Morgan fingerprint density at radius 2 is 2.13 bits per heavy atom. The van der Waals surface area contributed by atoms with Crippen molar-refractivity contribution in [2.45, 2.75) is 27.3 Å². The van der Waals surface area contributed by atoms with E-state index < -0.39 is 0 Å². The van der Waals surface area contributed by atoms with Gasteiger partial charge in [-0.1, -0.05) is 39.7 Å². The monoisotopic (exact) mass is 267 g/mol. The molecule has 0 saturated heterocycles. The van der Waals surface area contributed by atoms with Crippen LogP contribution in [0.4, 0.5) is 0 Å². The van der Waals surface area contributed by atoms with Crippen molar-refractivity contribution in [1.82, 2.24) is 5.32 Å². The topological polar surface area (TPSA) is 12.0 Å². The van der Waals surface area contributed by atoms with Gasteiger partial charge >= 0.3 is 0 Å². The van der Waals surface area contributed by atoms with E-state index in [1.165, 1.54) is 21.2 Å². The standard InChI is InChI=1S/C13H18BrN/c1-10(2)6-7-15-9-12-5-4-11(3)8-13(12)14/h4-6,8,15H,7,9H2,1-3H3. The highest BCUT2D eigenvalue weighted by molar-refractivity contribution is 9.10. The second-order valence-corrected chi connectivity index (χ2v) is 4.86. The van der Waals surface area contributed by atoms with Crippen molar-refractivity contribution in [2.24, 2.45) is 0 Å². The van der Waals surface area contributed by atoms with Crippen LogP contribution in [0.5, 0.6) is 0 Å². The molecule has 15 heavy (non-hydrogen) atoms. The molecule has 82 valence electrons. The van der Waals surface area contributed by atoms with E-state index in [9.17, 15) is 0 Å². The fourth-order valence-corrected chi connectivity index (χ4v) is 1.91. The molecule has 0 spiro atoms. The SMILES string of the molecule is CC(C)=CCNCc1ccc(C)cc1Br. The summed E-state index contributed by atoms with van der Waals surface area (Å²) in [6.45, 7) is 8.17. The van der Waals surface area contributed by atoms with Crippen LogP contribution < -0.4 is 5.32 Å². The normalized spacial score (nSPS) is 10.1. The lowest BCUT2D eigenvalue weighted by Gasteiger charge is -2.06. The molecule has 1 nitrogen and oxygen atoms in total. The highest BCUT2D eigenvalue weighted by atomic mass is 79.9. The summed E-state index contributed by atoms with van der Waals surface area (Å²) in [7, 11) is 0. The molecule has 0 unspecified atom stereocenters. The Morgan fingerprint density at radius 1 is 1.40 bits per heavy atom. The summed E-state index contributed by atoms with van der Waals surface area (Å²) >= 11 is 3.57. The first kappa shape index (κ1) is 12.5. The fraction of sp³-hybridized carbons (Fsp3) is 0.385. The number of nitrogens with one attached hydrogen (secondary N) is 1. The minimum absolute atomic E-state index is 0.907. The molecule has 0 fully saturated rings. The number of allylic oxidation sites excluding steroid dienone is 1. The Bertz CT molecular complexity index is 352. The van der Waals surface area contributed by atoms with E-state index in [2.05, 4.69) is 66.3 Å². The Morgan fingerprint density at radius 3 is 2.73 bits per heavy atom. The summed E-state index contributed by atoms with van der Waals surface area (Å²) in [5.74, 6) is 0. The van der Waals surface area contributed by atoms with Gasteiger partial charge in [-0.3, -0.25) is 0 Å². The van der Waals surface area contributed by atoms with E-state index in [1.807, 2.05) is 0 Å². The van der Waals surface area contributed by atoms with Crippen LogP contribution in [-0.4, -0.2) is 6.54 Å². The lowest BCUT2D eigenvalue weighted by Crippen LogP contribution is -2.13. The van der Waals surface area contributed by atoms with Crippen molar-refractivity contribution in [2.75, 3.05) is 6.54 Å². The largest absolute Gasteiger partial charge is 0.309 e. The maximum Gasteiger partial charge on any atom is 0.0222 e. The molecule has 0 amide bonds. The van der Waals surface area contributed by atoms with Crippen LogP contribution >= 0.6 is 15.9 Å². The number of hydrogen-bond acceptors (Lipinski definition) is 1. The van der Waals surface area contributed by atoms with Gasteiger partial charge in [0.1, 0.15) is 0 Å². The van der Waals surface area contributed by atoms with Crippen molar-refractivity contribution in [3.63, 3.8) is 0 Å². The molecule has 0 atom stereocenters. The average molecular weight is 268 g/mol. The Labute approximate surface area is 101 Å². The zero-order valence-electron chi connectivity index (χ0n) is 9.60. The number of hydrogen-bond donors (Lipinski definition) is 1. The molecule has 0 radical (unpaired) electrons. The van der Waals surface area contributed by atoms with Crippen LogP contribution in [0.25, 0.3) is 0 Å². The Kier molecular flexibility index (Phi) is 5.06. The first-order valence-electron chi connectivity index (χ1n) is 5.18. The zero-order valence-corrected chi connectivity index (χ0v) is 11.2. The molecule has 0 aliphatic carbocycles. The van der Waals surface area contributed by atoms with Gasteiger partial charge in [0.05, 0.1) is 0 Å². The quantitative estimate of drug-likeness (QED) is 0.646. The Balaban J connectivity index is 2.47. The van der Waals surface area contributed by atoms with Gasteiger partial charge in [0, 0.05) is 17.6 Å². The van der Waals surface area contributed by atoms with Crippen molar-refractivity contribution in [3.05, 3.63) is 45.4 Å². The van der Waals surface area contributed by atoms with E-state index in [4.69, 9.17) is 0 Å². The van der Waals surface area contributed by atoms with Gasteiger partial charge in [-0.25, -0.2) is 0 Å². The summed E-state index contributed by atoms with van der Waals surface area (Å²) < 4.78 is 1.19. The van der Waals surface area contributed by atoms with Crippen LogP contribution in [0.2, 0.25) is 0 Å². The van der Waals surface area contributed by atoms with Crippen LogP contribution in [0.1, 0.15) is 25.0 Å². The van der Waals surface area contributed by atoms with Gasteiger partial charge < -0.3 is 5.32 Å². The molecule has 1 N–H and O–H groups in total.